The molecule has 0 bridgehead atoms. The fourth-order valence-corrected chi connectivity index (χ4v) is 4.46. The zero-order valence-corrected chi connectivity index (χ0v) is 19.3. The van der Waals surface area contributed by atoms with Gasteiger partial charge in [-0.1, -0.05) is 30.1 Å². The lowest BCUT2D eigenvalue weighted by Crippen LogP contribution is -2.49. The average Bonchev–Trinajstić information content (AvgIpc) is 3.38. The number of rotatable bonds is 6. The van der Waals surface area contributed by atoms with Gasteiger partial charge in [-0.15, -0.1) is 0 Å². The molecule has 3 aromatic rings. The van der Waals surface area contributed by atoms with Crippen LogP contribution in [0.1, 0.15) is 60.1 Å². The molecule has 0 spiro atoms. The van der Waals surface area contributed by atoms with Crippen molar-refractivity contribution in [1.82, 2.24) is 20.6 Å². The van der Waals surface area contributed by atoms with Crippen LogP contribution in [0.2, 0.25) is 0 Å². The summed E-state index contributed by atoms with van der Waals surface area (Å²) < 4.78 is 10.1. The summed E-state index contributed by atoms with van der Waals surface area (Å²) >= 11 is 0. The number of carbonyl (C=O) groups excluding carboxylic acids is 2. The van der Waals surface area contributed by atoms with E-state index in [9.17, 15) is 9.59 Å². The van der Waals surface area contributed by atoms with Crippen molar-refractivity contribution in [3.63, 3.8) is 0 Å². The summed E-state index contributed by atoms with van der Waals surface area (Å²) in [6, 6.07) is 2.93. The van der Waals surface area contributed by atoms with Crippen LogP contribution in [0, 0.1) is 32.6 Å². The minimum Gasteiger partial charge on any atom is -0.364 e. The van der Waals surface area contributed by atoms with E-state index in [4.69, 9.17) is 9.05 Å². The van der Waals surface area contributed by atoms with E-state index in [-0.39, 0.29) is 17.7 Å². The number of hydrogen-bond acceptors (Lipinski definition) is 7. The van der Waals surface area contributed by atoms with E-state index in [1.165, 1.54) is 6.26 Å². The largest absolute Gasteiger partial charge is 0.364 e. The van der Waals surface area contributed by atoms with Crippen molar-refractivity contribution in [3.05, 3.63) is 47.3 Å². The van der Waals surface area contributed by atoms with Gasteiger partial charge in [0.15, 0.2) is 0 Å². The number of hydrogen-bond donors (Lipinski definition) is 2. The highest BCUT2D eigenvalue weighted by Gasteiger charge is 2.33. The van der Waals surface area contributed by atoms with E-state index in [0.29, 0.717) is 28.8 Å². The number of aryl methyl sites for hydroxylation is 3. The Morgan fingerprint density at radius 3 is 2.39 bits per heavy atom. The fourth-order valence-electron chi connectivity index (χ4n) is 4.46. The Balaban J connectivity index is 1.51. The van der Waals surface area contributed by atoms with Crippen LogP contribution >= 0.6 is 0 Å². The van der Waals surface area contributed by atoms with Crippen molar-refractivity contribution in [2.45, 2.75) is 59.4 Å². The molecule has 1 fully saturated rings. The second-order valence-electron chi connectivity index (χ2n) is 8.91. The van der Waals surface area contributed by atoms with Gasteiger partial charge in [0.05, 0.1) is 11.4 Å². The summed E-state index contributed by atoms with van der Waals surface area (Å²) in [5.41, 5.74) is 3.35. The minimum atomic E-state index is -0.677. The van der Waals surface area contributed by atoms with Gasteiger partial charge >= 0.3 is 0 Å². The summed E-state index contributed by atoms with van der Waals surface area (Å²) in [4.78, 5) is 30.5. The van der Waals surface area contributed by atoms with Gasteiger partial charge in [0.1, 0.15) is 29.4 Å². The van der Waals surface area contributed by atoms with Crippen LogP contribution in [0.3, 0.4) is 0 Å². The second-order valence-corrected chi connectivity index (χ2v) is 8.91. The molecular formula is C24H29N5O4. The third-order valence-electron chi connectivity index (χ3n) is 6.43. The van der Waals surface area contributed by atoms with E-state index in [1.807, 2.05) is 19.9 Å². The second kappa shape index (κ2) is 9.56. The monoisotopic (exact) mass is 451 g/mol. The highest BCUT2D eigenvalue weighted by molar-refractivity contribution is 6.01. The maximum Gasteiger partial charge on any atom is 0.257 e. The van der Waals surface area contributed by atoms with Crippen molar-refractivity contribution in [2.75, 3.05) is 5.32 Å². The van der Waals surface area contributed by atoms with Gasteiger partial charge in [0.2, 0.25) is 5.91 Å². The number of aromatic nitrogens is 3. The van der Waals surface area contributed by atoms with Crippen LogP contribution in [-0.4, -0.2) is 33.2 Å². The van der Waals surface area contributed by atoms with Gasteiger partial charge < -0.3 is 19.7 Å². The summed E-state index contributed by atoms with van der Waals surface area (Å²) in [6.07, 6.45) is 6.79. The summed E-state index contributed by atoms with van der Waals surface area (Å²) in [5.74, 6) is 1.15. The Kier molecular flexibility index (Phi) is 6.57. The van der Waals surface area contributed by atoms with Gasteiger partial charge in [-0.25, -0.2) is 4.98 Å². The fraction of sp³-hybridized carbons (Fsp3) is 0.458. The molecule has 0 aromatic carbocycles. The van der Waals surface area contributed by atoms with Crippen molar-refractivity contribution in [3.8, 4) is 11.1 Å². The van der Waals surface area contributed by atoms with Gasteiger partial charge in [-0.05, 0) is 57.6 Å². The molecule has 9 nitrogen and oxygen atoms in total. The van der Waals surface area contributed by atoms with Crippen LogP contribution in [0.25, 0.3) is 11.1 Å². The first-order valence-corrected chi connectivity index (χ1v) is 11.3. The predicted octanol–water partition coefficient (Wildman–Crippen LogP) is 4.21. The third-order valence-corrected chi connectivity index (χ3v) is 6.43. The molecule has 174 valence electrons. The lowest BCUT2D eigenvalue weighted by Gasteiger charge is -2.32. The van der Waals surface area contributed by atoms with E-state index in [1.54, 1.807) is 19.2 Å². The van der Waals surface area contributed by atoms with Crippen molar-refractivity contribution < 1.29 is 18.6 Å². The molecule has 33 heavy (non-hydrogen) atoms. The van der Waals surface area contributed by atoms with Gasteiger partial charge in [0.25, 0.3) is 5.91 Å². The number of carbonyl (C=O) groups is 2. The molecule has 2 amide bonds. The maximum absolute atomic E-state index is 13.3. The topological polar surface area (TPSA) is 123 Å². The highest BCUT2D eigenvalue weighted by Crippen LogP contribution is 2.31. The standard InChI is InChI=1S/C24H29N5O4/c1-13-5-7-17(8-6-13)22(27-23(30)19-12-32-28-14(19)2)24(31)26-20-10-9-18(11-25-20)21-15(3)29-33-16(21)4/h9-13,17,22H,5-8H2,1-4H3,(H,27,30)(H,25,26,31). The van der Waals surface area contributed by atoms with Crippen LogP contribution < -0.4 is 10.6 Å². The Morgan fingerprint density at radius 2 is 1.82 bits per heavy atom. The van der Waals surface area contributed by atoms with Crippen molar-refractivity contribution in [1.29, 1.82) is 0 Å². The molecule has 2 N–H and O–H groups in total. The molecule has 0 radical (unpaired) electrons. The molecule has 9 heteroatoms. The SMILES string of the molecule is Cc1nocc1C(=O)NC(C(=O)Nc1ccc(-c2c(C)noc2C)cn1)C1CCC(C)CC1. The number of pyridine rings is 1. The number of nitrogens with one attached hydrogen (secondary N) is 2. The van der Waals surface area contributed by atoms with Gasteiger partial charge in [0, 0.05) is 17.3 Å². The Morgan fingerprint density at radius 1 is 1.06 bits per heavy atom. The van der Waals surface area contributed by atoms with Crippen LogP contribution in [-0.2, 0) is 4.79 Å². The first-order valence-electron chi connectivity index (χ1n) is 11.3. The van der Waals surface area contributed by atoms with Crippen molar-refractivity contribution >= 4 is 17.6 Å². The van der Waals surface area contributed by atoms with E-state index < -0.39 is 6.04 Å². The first-order chi connectivity index (χ1) is 15.8. The van der Waals surface area contributed by atoms with Crippen molar-refractivity contribution in [2.24, 2.45) is 11.8 Å². The summed E-state index contributed by atoms with van der Waals surface area (Å²) in [6.45, 7) is 7.63. The molecule has 4 rings (SSSR count). The quantitative estimate of drug-likeness (QED) is 0.575. The van der Waals surface area contributed by atoms with Crippen LogP contribution in [0.5, 0.6) is 0 Å². The molecule has 3 heterocycles. The normalized spacial score (nSPS) is 19.2. The molecule has 0 aliphatic heterocycles. The molecule has 1 aliphatic rings. The van der Waals surface area contributed by atoms with E-state index in [0.717, 1.165) is 42.5 Å². The lowest BCUT2D eigenvalue weighted by molar-refractivity contribution is -0.119. The summed E-state index contributed by atoms with van der Waals surface area (Å²) in [5, 5.41) is 13.5. The average molecular weight is 452 g/mol. The Bertz CT molecular complexity index is 1110. The summed E-state index contributed by atoms with van der Waals surface area (Å²) in [7, 11) is 0. The lowest BCUT2D eigenvalue weighted by atomic mass is 9.79. The van der Waals surface area contributed by atoms with Crippen LogP contribution in [0.15, 0.2) is 33.6 Å². The Hall–Kier alpha value is -3.49. The third kappa shape index (κ3) is 4.97. The number of nitrogens with zero attached hydrogens (tertiary/aromatic N) is 3. The molecule has 1 unspecified atom stereocenters. The van der Waals surface area contributed by atoms with Gasteiger partial charge in [-0.2, -0.15) is 0 Å². The molecule has 3 aromatic heterocycles. The van der Waals surface area contributed by atoms with Crippen LogP contribution in [0.4, 0.5) is 5.82 Å². The smallest absolute Gasteiger partial charge is 0.257 e. The number of anilines is 1. The zero-order chi connectivity index (χ0) is 23.5. The van der Waals surface area contributed by atoms with E-state index >= 15 is 0 Å². The molecular weight excluding hydrogens is 422 g/mol. The Labute approximate surface area is 192 Å². The highest BCUT2D eigenvalue weighted by atomic mass is 16.5. The minimum absolute atomic E-state index is 0.0480. The zero-order valence-electron chi connectivity index (χ0n) is 19.3. The predicted molar refractivity (Wildman–Crippen MR) is 121 cm³/mol. The number of amides is 2. The van der Waals surface area contributed by atoms with Gasteiger partial charge in [-0.3, -0.25) is 9.59 Å². The molecule has 1 atom stereocenters. The first kappa shape index (κ1) is 22.7. The molecule has 1 saturated carbocycles. The maximum atomic E-state index is 13.3. The molecule has 0 saturated heterocycles. The molecule has 1 aliphatic carbocycles. The van der Waals surface area contributed by atoms with E-state index in [2.05, 4.69) is 32.9 Å².